The number of rotatable bonds is 6. The van der Waals surface area contributed by atoms with E-state index in [0.29, 0.717) is 11.6 Å². The van der Waals surface area contributed by atoms with E-state index < -0.39 is 6.10 Å². The van der Waals surface area contributed by atoms with Gasteiger partial charge in [0.2, 0.25) is 5.91 Å². The topological polar surface area (TPSA) is 67.2 Å². The van der Waals surface area contributed by atoms with Crippen molar-refractivity contribution in [1.82, 2.24) is 15.1 Å². The second-order valence-corrected chi connectivity index (χ2v) is 6.13. The van der Waals surface area contributed by atoms with Gasteiger partial charge in [0.1, 0.15) is 5.15 Å². The summed E-state index contributed by atoms with van der Waals surface area (Å²) in [7, 11) is 1.74. The van der Waals surface area contributed by atoms with E-state index in [1.165, 1.54) is 0 Å². The highest BCUT2D eigenvalue weighted by molar-refractivity contribution is 6.30. The molecule has 2 N–H and O–H groups in total. The van der Waals surface area contributed by atoms with Gasteiger partial charge in [0, 0.05) is 19.0 Å². The number of hydrogen-bond donors (Lipinski definition) is 2. The highest BCUT2D eigenvalue weighted by Gasteiger charge is 2.20. The zero-order chi connectivity index (χ0) is 17.0. The lowest BCUT2D eigenvalue weighted by atomic mass is 10.0. The fraction of sp³-hybridized carbons (Fsp3) is 0.412. The molecule has 0 bridgehead atoms. The van der Waals surface area contributed by atoms with Crippen molar-refractivity contribution in [2.24, 2.45) is 7.05 Å². The summed E-state index contributed by atoms with van der Waals surface area (Å²) in [6.07, 6.45) is 0.00221. The number of halogens is 1. The Hall–Kier alpha value is -1.85. The summed E-state index contributed by atoms with van der Waals surface area (Å²) in [5.74, 6) is -0.178. The van der Waals surface area contributed by atoms with Crippen LogP contribution in [0.5, 0.6) is 0 Å². The van der Waals surface area contributed by atoms with Crippen molar-refractivity contribution >= 4 is 17.5 Å². The Morgan fingerprint density at radius 3 is 2.61 bits per heavy atom. The first kappa shape index (κ1) is 17.5. The fourth-order valence-electron chi connectivity index (χ4n) is 2.47. The molecule has 0 aliphatic heterocycles. The number of benzene rings is 1. The van der Waals surface area contributed by atoms with Crippen LogP contribution in [0.1, 0.15) is 23.7 Å². The van der Waals surface area contributed by atoms with Crippen molar-refractivity contribution in [3.8, 4) is 0 Å². The molecule has 2 atom stereocenters. The first-order valence-electron chi connectivity index (χ1n) is 7.57. The predicted octanol–water partition coefficient (Wildman–Crippen LogP) is 2.03. The smallest absolute Gasteiger partial charge is 0.224 e. The number of carbonyl (C=O) groups excluding carboxylic acids is 1. The monoisotopic (exact) mass is 335 g/mol. The average Bonchev–Trinajstić information content (AvgIpc) is 2.74. The predicted molar refractivity (Wildman–Crippen MR) is 90.4 cm³/mol. The SMILES string of the molecule is Cc1nn(C)c(Cl)c1CC(=O)NC(C)C(O)Cc1ccccc1. The first-order chi connectivity index (χ1) is 10.9. The Morgan fingerprint density at radius 2 is 2.04 bits per heavy atom. The third kappa shape index (κ3) is 4.56. The molecule has 23 heavy (non-hydrogen) atoms. The standard InChI is InChI=1S/C17H22ClN3O2/c1-11-14(17(18)21(3)20-11)10-16(23)19-12(2)15(22)9-13-7-5-4-6-8-13/h4-8,12,15,22H,9-10H2,1-3H3,(H,19,23). The van der Waals surface area contributed by atoms with Gasteiger partial charge in [-0.3, -0.25) is 9.48 Å². The molecule has 2 aromatic rings. The summed E-state index contributed by atoms with van der Waals surface area (Å²) >= 11 is 6.14. The van der Waals surface area contributed by atoms with Crippen LogP contribution in [-0.4, -0.2) is 32.9 Å². The Balaban J connectivity index is 1.91. The van der Waals surface area contributed by atoms with Gasteiger partial charge >= 0.3 is 0 Å². The van der Waals surface area contributed by atoms with Crippen LogP contribution in [0.25, 0.3) is 0 Å². The summed E-state index contributed by atoms with van der Waals surface area (Å²) in [6.45, 7) is 3.62. The zero-order valence-corrected chi connectivity index (χ0v) is 14.3. The number of aliphatic hydroxyl groups is 1. The fourth-order valence-corrected chi connectivity index (χ4v) is 2.71. The van der Waals surface area contributed by atoms with Crippen molar-refractivity contribution in [3.63, 3.8) is 0 Å². The van der Waals surface area contributed by atoms with Crippen molar-refractivity contribution in [3.05, 3.63) is 52.3 Å². The van der Waals surface area contributed by atoms with E-state index in [1.54, 1.807) is 18.7 Å². The average molecular weight is 336 g/mol. The molecule has 1 aromatic carbocycles. The molecule has 6 heteroatoms. The maximum absolute atomic E-state index is 12.2. The number of aryl methyl sites for hydroxylation is 2. The number of hydrogen-bond acceptors (Lipinski definition) is 3. The van der Waals surface area contributed by atoms with E-state index in [-0.39, 0.29) is 18.4 Å². The second-order valence-electron chi connectivity index (χ2n) is 5.77. The minimum absolute atomic E-state index is 0.154. The molecular weight excluding hydrogens is 314 g/mol. The van der Waals surface area contributed by atoms with Crippen molar-refractivity contribution in [2.45, 2.75) is 38.8 Å². The Bertz CT molecular complexity index is 670. The van der Waals surface area contributed by atoms with Crippen LogP contribution >= 0.6 is 11.6 Å². The lowest BCUT2D eigenvalue weighted by Gasteiger charge is -2.20. The molecule has 1 aromatic heterocycles. The van der Waals surface area contributed by atoms with Gasteiger partial charge in [-0.2, -0.15) is 5.10 Å². The number of nitrogens with one attached hydrogen (secondary N) is 1. The van der Waals surface area contributed by atoms with E-state index >= 15 is 0 Å². The number of nitrogens with zero attached hydrogens (tertiary/aromatic N) is 2. The minimum Gasteiger partial charge on any atom is -0.391 e. The second kappa shape index (κ2) is 7.62. The lowest BCUT2D eigenvalue weighted by molar-refractivity contribution is -0.121. The van der Waals surface area contributed by atoms with Gasteiger partial charge < -0.3 is 10.4 Å². The van der Waals surface area contributed by atoms with Gasteiger partial charge in [-0.05, 0) is 19.4 Å². The molecule has 1 amide bonds. The van der Waals surface area contributed by atoms with Crippen LogP contribution in [0.3, 0.4) is 0 Å². The van der Waals surface area contributed by atoms with E-state index in [0.717, 1.165) is 16.8 Å². The summed E-state index contributed by atoms with van der Waals surface area (Å²) in [5, 5.41) is 17.7. The summed E-state index contributed by atoms with van der Waals surface area (Å²) < 4.78 is 1.55. The van der Waals surface area contributed by atoms with Gasteiger partial charge in [-0.25, -0.2) is 0 Å². The molecule has 0 radical (unpaired) electrons. The number of aliphatic hydroxyl groups excluding tert-OH is 1. The molecule has 0 fully saturated rings. The van der Waals surface area contributed by atoms with Crippen LogP contribution in [0, 0.1) is 6.92 Å². The Labute approximate surface area is 141 Å². The molecule has 0 aliphatic carbocycles. The van der Waals surface area contributed by atoms with Crippen LogP contribution in [-0.2, 0) is 24.7 Å². The molecule has 0 saturated heterocycles. The summed E-state index contributed by atoms with van der Waals surface area (Å²) in [4.78, 5) is 12.2. The number of carbonyl (C=O) groups is 1. The van der Waals surface area contributed by atoms with Gasteiger partial charge in [-0.1, -0.05) is 41.9 Å². The molecule has 0 aliphatic rings. The number of amides is 1. The van der Waals surface area contributed by atoms with E-state index in [1.807, 2.05) is 37.3 Å². The molecular formula is C17H22ClN3O2. The molecule has 124 valence electrons. The maximum Gasteiger partial charge on any atom is 0.224 e. The van der Waals surface area contributed by atoms with Crippen LogP contribution in [0.4, 0.5) is 0 Å². The van der Waals surface area contributed by atoms with E-state index in [9.17, 15) is 9.90 Å². The normalized spacial score (nSPS) is 13.6. The van der Waals surface area contributed by atoms with Crippen molar-refractivity contribution < 1.29 is 9.90 Å². The van der Waals surface area contributed by atoms with Crippen molar-refractivity contribution in [2.75, 3.05) is 0 Å². The van der Waals surface area contributed by atoms with Crippen molar-refractivity contribution in [1.29, 1.82) is 0 Å². The van der Waals surface area contributed by atoms with Crippen LogP contribution in [0.15, 0.2) is 30.3 Å². The minimum atomic E-state index is -0.646. The lowest BCUT2D eigenvalue weighted by Crippen LogP contribution is -2.42. The largest absolute Gasteiger partial charge is 0.391 e. The van der Waals surface area contributed by atoms with Gasteiger partial charge in [0.15, 0.2) is 0 Å². The van der Waals surface area contributed by atoms with E-state index in [2.05, 4.69) is 10.4 Å². The molecule has 2 unspecified atom stereocenters. The Morgan fingerprint density at radius 1 is 1.39 bits per heavy atom. The third-order valence-electron chi connectivity index (χ3n) is 3.86. The highest BCUT2D eigenvalue weighted by Crippen LogP contribution is 2.19. The number of aromatic nitrogens is 2. The van der Waals surface area contributed by atoms with E-state index in [4.69, 9.17) is 11.6 Å². The van der Waals surface area contributed by atoms with Crippen LogP contribution < -0.4 is 5.32 Å². The molecule has 2 rings (SSSR count). The maximum atomic E-state index is 12.2. The molecule has 5 nitrogen and oxygen atoms in total. The zero-order valence-electron chi connectivity index (χ0n) is 13.6. The highest BCUT2D eigenvalue weighted by atomic mass is 35.5. The molecule has 0 saturated carbocycles. The third-order valence-corrected chi connectivity index (χ3v) is 4.33. The van der Waals surface area contributed by atoms with Crippen LogP contribution in [0.2, 0.25) is 5.15 Å². The summed E-state index contributed by atoms with van der Waals surface area (Å²) in [5.41, 5.74) is 2.49. The quantitative estimate of drug-likeness (QED) is 0.849. The first-order valence-corrected chi connectivity index (χ1v) is 7.95. The van der Waals surface area contributed by atoms with Gasteiger partial charge in [-0.15, -0.1) is 0 Å². The van der Waals surface area contributed by atoms with Gasteiger partial charge in [0.05, 0.1) is 24.3 Å². The van der Waals surface area contributed by atoms with Gasteiger partial charge in [0.25, 0.3) is 0 Å². The summed E-state index contributed by atoms with van der Waals surface area (Å²) in [6, 6.07) is 9.35. The Kier molecular flexibility index (Phi) is 5.80. The molecule has 0 spiro atoms. The molecule has 1 heterocycles.